The molecule has 5 N–H and O–H groups in total. The molecule has 0 aromatic rings. The number of carbonyl (C=O) groups excluding carboxylic acids is 1. The molecule has 1 fully saturated rings. The summed E-state index contributed by atoms with van der Waals surface area (Å²) in [5.41, 5.74) is 0. The summed E-state index contributed by atoms with van der Waals surface area (Å²) in [5, 5.41) is 39.6. The van der Waals surface area contributed by atoms with Crippen molar-refractivity contribution >= 4 is 5.91 Å². The van der Waals surface area contributed by atoms with Crippen LogP contribution in [0.2, 0.25) is 0 Å². The lowest BCUT2D eigenvalue weighted by molar-refractivity contribution is -0.134. The molecule has 3 atom stereocenters. The summed E-state index contributed by atoms with van der Waals surface area (Å²) in [6.45, 7) is 3.13. The summed E-state index contributed by atoms with van der Waals surface area (Å²) in [6, 6.07) is 0. The lowest BCUT2D eigenvalue weighted by Gasteiger charge is -2.39. The maximum absolute atomic E-state index is 10.9. The summed E-state index contributed by atoms with van der Waals surface area (Å²) >= 11 is 0. The zero-order valence-electron chi connectivity index (χ0n) is 10.5. The van der Waals surface area contributed by atoms with E-state index < -0.39 is 24.9 Å². The first-order valence-corrected chi connectivity index (χ1v) is 6.07. The Bertz CT molecular complexity index is 270. The molecule has 0 unspecified atom stereocenters. The molecule has 1 rings (SSSR count). The van der Waals surface area contributed by atoms with Crippen LogP contribution in [-0.4, -0.2) is 82.3 Å². The number of rotatable bonds is 7. The van der Waals surface area contributed by atoms with E-state index in [4.69, 9.17) is 10.2 Å². The van der Waals surface area contributed by atoms with Crippen molar-refractivity contribution in [3.63, 3.8) is 0 Å². The zero-order chi connectivity index (χ0) is 13.7. The Hall–Kier alpha value is -0.730. The van der Waals surface area contributed by atoms with Crippen LogP contribution in [0.1, 0.15) is 6.92 Å². The molecule has 1 aliphatic rings. The molecule has 1 aliphatic heterocycles. The SMILES string of the molecule is CC(=O)N1CC(CNC[C@@H](O)[C@H](O)[C@H](O)CO)C1. The third-order valence-electron chi connectivity index (χ3n) is 3.16. The first-order valence-electron chi connectivity index (χ1n) is 6.07. The second kappa shape index (κ2) is 7.01. The molecule has 0 aliphatic carbocycles. The predicted molar refractivity (Wildman–Crippen MR) is 63.7 cm³/mol. The van der Waals surface area contributed by atoms with Gasteiger partial charge in [-0.3, -0.25) is 4.79 Å². The average Bonchev–Trinajstić information content (AvgIpc) is 2.28. The first-order chi connectivity index (χ1) is 8.45. The fraction of sp³-hybridized carbons (Fsp3) is 0.909. The molecular formula is C11H22N2O5. The van der Waals surface area contributed by atoms with Gasteiger partial charge in [0.2, 0.25) is 5.91 Å². The molecule has 1 saturated heterocycles. The predicted octanol–water partition coefficient (Wildman–Crippen LogP) is -2.87. The second-order valence-corrected chi connectivity index (χ2v) is 4.76. The molecule has 1 heterocycles. The van der Waals surface area contributed by atoms with Crippen LogP contribution in [0.5, 0.6) is 0 Å². The Morgan fingerprint density at radius 2 is 1.94 bits per heavy atom. The van der Waals surface area contributed by atoms with E-state index in [1.54, 1.807) is 4.90 Å². The lowest BCUT2D eigenvalue weighted by atomic mass is 10.00. The van der Waals surface area contributed by atoms with Crippen molar-refractivity contribution < 1.29 is 25.2 Å². The minimum atomic E-state index is -1.36. The normalized spacial score (nSPS) is 21.3. The summed E-state index contributed by atoms with van der Waals surface area (Å²) in [4.78, 5) is 12.7. The van der Waals surface area contributed by atoms with Crippen molar-refractivity contribution in [3.05, 3.63) is 0 Å². The van der Waals surface area contributed by atoms with Crippen LogP contribution in [0.15, 0.2) is 0 Å². The van der Waals surface area contributed by atoms with Crippen LogP contribution >= 0.6 is 0 Å². The van der Waals surface area contributed by atoms with Crippen LogP contribution in [-0.2, 0) is 4.79 Å². The number of amides is 1. The van der Waals surface area contributed by atoms with Gasteiger partial charge in [0.1, 0.15) is 12.2 Å². The van der Waals surface area contributed by atoms with Gasteiger partial charge in [-0.1, -0.05) is 0 Å². The van der Waals surface area contributed by atoms with E-state index >= 15 is 0 Å². The van der Waals surface area contributed by atoms with Gasteiger partial charge >= 0.3 is 0 Å². The fourth-order valence-electron chi connectivity index (χ4n) is 1.88. The maximum atomic E-state index is 10.9. The number of aliphatic hydroxyl groups is 4. The van der Waals surface area contributed by atoms with Crippen LogP contribution in [0.3, 0.4) is 0 Å². The van der Waals surface area contributed by atoms with E-state index in [1.807, 2.05) is 0 Å². The highest BCUT2D eigenvalue weighted by molar-refractivity contribution is 5.74. The van der Waals surface area contributed by atoms with Crippen LogP contribution < -0.4 is 5.32 Å². The molecule has 0 bridgehead atoms. The lowest BCUT2D eigenvalue weighted by Crippen LogP contribution is -2.53. The Labute approximate surface area is 106 Å². The van der Waals surface area contributed by atoms with E-state index in [1.165, 1.54) is 6.92 Å². The topological polar surface area (TPSA) is 113 Å². The standard InChI is InChI=1S/C11H22N2O5/c1-7(15)13-4-8(5-13)2-12-3-9(16)11(18)10(17)6-14/h8-12,14,16-18H,2-6H2,1H3/t9-,10-,11+/m1/s1. The quantitative estimate of drug-likeness (QED) is 0.337. The molecule has 1 amide bonds. The maximum Gasteiger partial charge on any atom is 0.219 e. The van der Waals surface area contributed by atoms with Crippen molar-refractivity contribution in [3.8, 4) is 0 Å². The van der Waals surface area contributed by atoms with Crippen LogP contribution in [0, 0.1) is 5.92 Å². The number of likely N-dealkylation sites (tertiary alicyclic amines) is 1. The van der Waals surface area contributed by atoms with E-state index in [2.05, 4.69) is 5.32 Å². The van der Waals surface area contributed by atoms with Gasteiger partial charge in [-0.2, -0.15) is 0 Å². The van der Waals surface area contributed by atoms with Crippen molar-refractivity contribution in [2.45, 2.75) is 25.2 Å². The van der Waals surface area contributed by atoms with Gasteiger partial charge in [-0.25, -0.2) is 0 Å². The molecule has 0 aromatic heterocycles. The van der Waals surface area contributed by atoms with E-state index in [0.29, 0.717) is 25.6 Å². The van der Waals surface area contributed by atoms with Gasteiger partial charge in [-0.15, -0.1) is 0 Å². The van der Waals surface area contributed by atoms with Gasteiger partial charge < -0.3 is 30.6 Å². The van der Waals surface area contributed by atoms with E-state index in [0.717, 1.165) is 0 Å². The molecule has 0 aromatic carbocycles. The molecule has 18 heavy (non-hydrogen) atoms. The monoisotopic (exact) mass is 262 g/mol. The molecule has 7 nitrogen and oxygen atoms in total. The molecular weight excluding hydrogens is 240 g/mol. The molecule has 0 spiro atoms. The third-order valence-corrected chi connectivity index (χ3v) is 3.16. The van der Waals surface area contributed by atoms with Crippen molar-refractivity contribution in [2.75, 3.05) is 32.8 Å². The number of nitrogens with zero attached hydrogens (tertiary/aromatic N) is 1. The molecule has 0 radical (unpaired) electrons. The smallest absolute Gasteiger partial charge is 0.219 e. The highest BCUT2D eigenvalue weighted by atomic mass is 16.4. The number of aliphatic hydroxyl groups excluding tert-OH is 4. The first kappa shape index (κ1) is 15.3. The summed E-state index contributed by atoms with van der Waals surface area (Å²) in [6.07, 6.45) is -3.83. The second-order valence-electron chi connectivity index (χ2n) is 4.76. The Kier molecular flexibility index (Phi) is 5.97. The molecule has 7 heteroatoms. The highest BCUT2D eigenvalue weighted by Crippen LogP contribution is 2.14. The van der Waals surface area contributed by atoms with Crippen molar-refractivity contribution in [1.29, 1.82) is 0 Å². The fourth-order valence-corrected chi connectivity index (χ4v) is 1.88. The minimum Gasteiger partial charge on any atom is -0.394 e. The summed E-state index contributed by atoms with van der Waals surface area (Å²) in [5.74, 6) is 0.425. The van der Waals surface area contributed by atoms with Gasteiger partial charge in [0.05, 0.1) is 12.7 Å². The third kappa shape index (κ3) is 4.18. The molecule has 0 saturated carbocycles. The van der Waals surface area contributed by atoms with Crippen LogP contribution in [0.25, 0.3) is 0 Å². The number of hydrogen-bond donors (Lipinski definition) is 5. The average molecular weight is 262 g/mol. The van der Waals surface area contributed by atoms with Gasteiger partial charge in [0.25, 0.3) is 0 Å². The minimum absolute atomic E-state index is 0.0628. The largest absolute Gasteiger partial charge is 0.394 e. The number of hydrogen-bond acceptors (Lipinski definition) is 6. The van der Waals surface area contributed by atoms with Gasteiger partial charge in [-0.05, 0) is 0 Å². The highest BCUT2D eigenvalue weighted by Gasteiger charge is 2.29. The number of nitrogens with one attached hydrogen (secondary N) is 1. The molecule has 106 valence electrons. The van der Waals surface area contributed by atoms with Gasteiger partial charge in [0.15, 0.2) is 0 Å². The van der Waals surface area contributed by atoms with Crippen molar-refractivity contribution in [1.82, 2.24) is 10.2 Å². The summed E-state index contributed by atoms with van der Waals surface area (Å²) < 4.78 is 0. The van der Waals surface area contributed by atoms with E-state index in [9.17, 15) is 15.0 Å². The van der Waals surface area contributed by atoms with Crippen molar-refractivity contribution in [2.24, 2.45) is 5.92 Å². The Balaban J connectivity index is 2.10. The van der Waals surface area contributed by atoms with Crippen LogP contribution in [0.4, 0.5) is 0 Å². The Morgan fingerprint density at radius 1 is 1.33 bits per heavy atom. The van der Waals surface area contributed by atoms with E-state index in [-0.39, 0.29) is 12.5 Å². The van der Waals surface area contributed by atoms with Gasteiger partial charge in [0, 0.05) is 39.0 Å². The zero-order valence-corrected chi connectivity index (χ0v) is 10.5. The number of carbonyl (C=O) groups is 1. The summed E-state index contributed by atoms with van der Waals surface area (Å²) in [7, 11) is 0. The Morgan fingerprint density at radius 3 is 2.44 bits per heavy atom.